The maximum Gasteiger partial charge on any atom is 0.328 e. The van der Waals surface area contributed by atoms with Crippen molar-refractivity contribution in [2.45, 2.75) is 110 Å². The molecule has 0 unspecified atom stereocenters. The van der Waals surface area contributed by atoms with Crippen LogP contribution in [0.4, 0.5) is 0 Å². The number of hydrogen-bond donors (Lipinski definition) is 1. The highest BCUT2D eigenvalue weighted by Crippen LogP contribution is 2.12. The number of amides is 1. The van der Waals surface area contributed by atoms with Crippen molar-refractivity contribution in [3.63, 3.8) is 0 Å². The lowest BCUT2D eigenvalue weighted by Crippen LogP contribution is -2.38. The monoisotopic (exact) mass is 341 g/mol. The van der Waals surface area contributed by atoms with Gasteiger partial charge in [-0.15, -0.1) is 0 Å². The molecule has 4 nitrogen and oxygen atoms in total. The standard InChI is InChI=1S/C20H39NO3/c1-4-5-6-7-8-9-10-11-12-13-14-15-16-17-19(22)21-18(2)20(23)24-3/h18H,4-17H2,1-3H3,(H,21,22)/t18-/m0/s1. The van der Waals surface area contributed by atoms with Gasteiger partial charge < -0.3 is 10.1 Å². The van der Waals surface area contributed by atoms with Gasteiger partial charge in [0.2, 0.25) is 5.91 Å². The Kier molecular flexibility index (Phi) is 16.0. The van der Waals surface area contributed by atoms with E-state index in [1.807, 2.05) is 0 Å². The number of nitrogens with one attached hydrogen (secondary N) is 1. The molecule has 1 N–H and O–H groups in total. The van der Waals surface area contributed by atoms with Crippen LogP contribution >= 0.6 is 0 Å². The molecule has 0 aromatic heterocycles. The van der Waals surface area contributed by atoms with Crippen molar-refractivity contribution in [1.82, 2.24) is 5.32 Å². The van der Waals surface area contributed by atoms with E-state index < -0.39 is 12.0 Å². The molecule has 0 aromatic rings. The van der Waals surface area contributed by atoms with E-state index in [2.05, 4.69) is 17.0 Å². The van der Waals surface area contributed by atoms with Crippen molar-refractivity contribution < 1.29 is 14.3 Å². The number of ether oxygens (including phenoxy) is 1. The van der Waals surface area contributed by atoms with E-state index in [0.717, 1.165) is 12.8 Å². The van der Waals surface area contributed by atoms with Crippen LogP contribution in [0.1, 0.15) is 104 Å². The lowest BCUT2D eigenvalue weighted by atomic mass is 10.0. The molecule has 0 aromatic carbocycles. The number of rotatable bonds is 16. The van der Waals surface area contributed by atoms with E-state index in [9.17, 15) is 9.59 Å². The third-order valence-corrected chi connectivity index (χ3v) is 4.44. The zero-order valence-corrected chi connectivity index (χ0v) is 16.2. The smallest absolute Gasteiger partial charge is 0.328 e. The summed E-state index contributed by atoms with van der Waals surface area (Å²) in [5.41, 5.74) is 0. The van der Waals surface area contributed by atoms with Crippen LogP contribution < -0.4 is 5.32 Å². The van der Waals surface area contributed by atoms with Gasteiger partial charge >= 0.3 is 5.97 Å². The Labute approximate surface area is 149 Å². The minimum atomic E-state index is -0.551. The van der Waals surface area contributed by atoms with E-state index >= 15 is 0 Å². The number of carbonyl (C=O) groups is 2. The minimum Gasteiger partial charge on any atom is -0.467 e. The topological polar surface area (TPSA) is 55.4 Å². The van der Waals surface area contributed by atoms with Crippen molar-refractivity contribution in [2.24, 2.45) is 0 Å². The molecule has 0 fully saturated rings. The highest BCUT2D eigenvalue weighted by atomic mass is 16.5. The lowest BCUT2D eigenvalue weighted by Gasteiger charge is -2.11. The Balaban J connectivity index is 3.27. The molecule has 142 valence electrons. The summed E-state index contributed by atoms with van der Waals surface area (Å²) in [6.45, 7) is 3.91. The van der Waals surface area contributed by atoms with Crippen molar-refractivity contribution >= 4 is 11.9 Å². The summed E-state index contributed by atoms with van der Waals surface area (Å²) in [7, 11) is 1.33. The Morgan fingerprint density at radius 3 is 1.62 bits per heavy atom. The van der Waals surface area contributed by atoms with Gasteiger partial charge in [-0.25, -0.2) is 4.79 Å². The third kappa shape index (κ3) is 14.5. The summed E-state index contributed by atoms with van der Waals surface area (Å²) in [6.07, 6.45) is 17.3. The normalized spacial score (nSPS) is 12.0. The molecule has 0 saturated carbocycles. The molecule has 0 radical (unpaired) electrons. The Morgan fingerprint density at radius 2 is 1.21 bits per heavy atom. The fraction of sp³-hybridized carbons (Fsp3) is 0.900. The Morgan fingerprint density at radius 1 is 0.792 bits per heavy atom. The summed E-state index contributed by atoms with van der Waals surface area (Å²) < 4.78 is 4.58. The summed E-state index contributed by atoms with van der Waals surface area (Å²) in [5.74, 6) is -0.454. The number of hydrogen-bond acceptors (Lipinski definition) is 3. The van der Waals surface area contributed by atoms with Gasteiger partial charge in [0, 0.05) is 6.42 Å². The summed E-state index contributed by atoms with van der Waals surface area (Å²) in [4.78, 5) is 22.9. The van der Waals surface area contributed by atoms with Gasteiger partial charge in [-0.05, 0) is 13.3 Å². The second kappa shape index (κ2) is 16.8. The molecular formula is C20H39NO3. The first-order valence-electron chi connectivity index (χ1n) is 9.99. The van der Waals surface area contributed by atoms with Gasteiger partial charge in [0.05, 0.1) is 7.11 Å². The van der Waals surface area contributed by atoms with Crippen LogP contribution in [0.25, 0.3) is 0 Å². The predicted octanol–water partition coefficient (Wildman–Crippen LogP) is 5.15. The van der Waals surface area contributed by atoms with Crippen molar-refractivity contribution in [3.8, 4) is 0 Å². The average molecular weight is 342 g/mol. The van der Waals surface area contributed by atoms with E-state index in [-0.39, 0.29) is 5.91 Å². The van der Waals surface area contributed by atoms with Gasteiger partial charge in [-0.3, -0.25) is 4.79 Å². The highest BCUT2D eigenvalue weighted by Gasteiger charge is 2.14. The maximum absolute atomic E-state index is 11.7. The number of methoxy groups -OCH3 is 1. The first-order chi connectivity index (χ1) is 11.6. The van der Waals surface area contributed by atoms with Crippen LogP contribution in [0.15, 0.2) is 0 Å². The van der Waals surface area contributed by atoms with Crippen molar-refractivity contribution in [3.05, 3.63) is 0 Å². The molecule has 0 aliphatic heterocycles. The number of carbonyl (C=O) groups excluding carboxylic acids is 2. The third-order valence-electron chi connectivity index (χ3n) is 4.44. The summed E-state index contributed by atoms with van der Waals surface area (Å²) >= 11 is 0. The van der Waals surface area contributed by atoms with Crippen LogP contribution in [0.2, 0.25) is 0 Å². The molecule has 0 spiro atoms. The van der Waals surface area contributed by atoms with Crippen molar-refractivity contribution in [2.75, 3.05) is 7.11 Å². The molecule has 4 heteroatoms. The molecule has 0 heterocycles. The van der Waals surface area contributed by atoms with Gasteiger partial charge in [-0.1, -0.05) is 84.0 Å². The van der Waals surface area contributed by atoms with Gasteiger partial charge in [-0.2, -0.15) is 0 Å². The van der Waals surface area contributed by atoms with Crippen LogP contribution in [0.5, 0.6) is 0 Å². The number of unbranched alkanes of at least 4 members (excludes halogenated alkanes) is 12. The first-order valence-corrected chi connectivity index (χ1v) is 9.99. The van der Waals surface area contributed by atoms with E-state index in [1.165, 1.54) is 77.7 Å². The second-order valence-corrected chi connectivity index (χ2v) is 6.81. The summed E-state index contributed by atoms with van der Waals surface area (Å²) in [5, 5.41) is 2.66. The first kappa shape index (κ1) is 22.9. The van der Waals surface area contributed by atoms with Crippen LogP contribution in [0.3, 0.4) is 0 Å². The van der Waals surface area contributed by atoms with E-state index in [0.29, 0.717) is 6.42 Å². The maximum atomic E-state index is 11.7. The largest absolute Gasteiger partial charge is 0.467 e. The number of esters is 1. The fourth-order valence-electron chi connectivity index (χ4n) is 2.85. The Hall–Kier alpha value is -1.06. The molecule has 24 heavy (non-hydrogen) atoms. The summed E-state index contributed by atoms with van der Waals surface area (Å²) in [6, 6.07) is -0.551. The molecule has 0 bridgehead atoms. The quantitative estimate of drug-likeness (QED) is 0.312. The molecule has 0 saturated heterocycles. The fourth-order valence-corrected chi connectivity index (χ4v) is 2.85. The van der Waals surface area contributed by atoms with Crippen LogP contribution in [-0.4, -0.2) is 25.0 Å². The zero-order valence-electron chi connectivity index (χ0n) is 16.2. The molecule has 0 aliphatic carbocycles. The van der Waals surface area contributed by atoms with Crippen LogP contribution in [0, 0.1) is 0 Å². The molecule has 1 amide bonds. The van der Waals surface area contributed by atoms with Gasteiger partial charge in [0.15, 0.2) is 0 Å². The lowest BCUT2D eigenvalue weighted by molar-refractivity contribution is -0.144. The molecule has 1 atom stereocenters. The van der Waals surface area contributed by atoms with Crippen LogP contribution in [-0.2, 0) is 14.3 Å². The van der Waals surface area contributed by atoms with E-state index in [4.69, 9.17) is 0 Å². The van der Waals surface area contributed by atoms with Gasteiger partial charge in [0.1, 0.15) is 6.04 Å². The minimum absolute atomic E-state index is 0.0593. The van der Waals surface area contributed by atoms with Gasteiger partial charge in [0.25, 0.3) is 0 Å². The highest BCUT2D eigenvalue weighted by molar-refractivity contribution is 5.83. The average Bonchev–Trinajstić information content (AvgIpc) is 2.58. The molecular weight excluding hydrogens is 302 g/mol. The predicted molar refractivity (Wildman–Crippen MR) is 99.9 cm³/mol. The molecule has 0 rings (SSSR count). The Bertz CT molecular complexity index is 318. The zero-order chi connectivity index (χ0) is 18.0. The SMILES string of the molecule is CCCCCCCCCCCCCCCC(=O)N[C@@H](C)C(=O)OC. The molecule has 0 aliphatic rings. The van der Waals surface area contributed by atoms with E-state index in [1.54, 1.807) is 6.92 Å². The van der Waals surface area contributed by atoms with Crippen molar-refractivity contribution in [1.29, 1.82) is 0 Å². The second-order valence-electron chi connectivity index (χ2n) is 6.81.